The van der Waals surface area contributed by atoms with Gasteiger partial charge in [-0.1, -0.05) is 0 Å². The Morgan fingerprint density at radius 1 is 1.39 bits per heavy atom. The van der Waals surface area contributed by atoms with Gasteiger partial charge in [0.1, 0.15) is 0 Å². The normalized spacial score (nSPS) is 32.7. The van der Waals surface area contributed by atoms with Crippen LogP contribution in [0, 0.1) is 0 Å². The zero-order chi connectivity index (χ0) is 13.0. The molecule has 18 heavy (non-hydrogen) atoms. The van der Waals surface area contributed by atoms with Crippen LogP contribution in [0.5, 0.6) is 0 Å². The molecule has 5 nitrogen and oxygen atoms in total. The minimum atomic E-state index is -2.76. The lowest BCUT2D eigenvalue weighted by molar-refractivity contribution is 0.0317. The lowest BCUT2D eigenvalue weighted by atomic mass is 10.1. The van der Waals surface area contributed by atoms with Crippen molar-refractivity contribution in [3.63, 3.8) is 0 Å². The lowest BCUT2D eigenvalue weighted by Gasteiger charge is -2.32. The van der Waals surface area contributed by atoms with E-state index in [1.54, 1.807) is 7.11 Å². The van der Waals surface area contributed by atoms with Crippen molar-refractivity contribution in [3.8, 4) is 0 Å². The van der Waals surface area contributed by atoms with Crippen molar-refractivity contribution in [2.24, 2.45) is 0 Å². The van der Waals surface area contributed by atoms with Crippen LogP contribution in [0.25, 0.3) is 0 Å². The highest BCUT2D eigenvalue weighted by atomic mass is 32.2. The monoisotopic (exact) mass is 276 g/mol. The summed E-state index contributed by atoms with van der Waals surface area (Å²) in [5.74, 6) is 0.661. The number of hydrogen-bond donors (Lipinski definition) is 1. The molecule has 2 aliphatic heterocycles. The van der Waals surface area contributed by atoms with E-state index in [0.29, 0.717) is 17.6 Å². The predicted molar refractivity (Wildman–Crippen MR) is 71.5 cm³/mol. The maximum Gasteiger partial charge on any atom is 0.151 e. The Labute approximate surface area is 110 Å². The Morgan fingerprint density at radius 2 is 2.22 bits per heavy atom. The molecule has 0 amide bonds. The summed E-state index contributed by atoms with van der Waals surface area (Å²) in [4.78, 5) is 2.40. The van der Waals surface area contributed by atoms with Crippen LogP contribution in [0.15, 0.2) is 0 Å². The highest BCUT2D eigenvalue weighted by Gasteiger charge is 2.27. The van der Waals surface area contributed by atoms with Gasteiger partial charge in [0, 0.05) is 32.8 Å². The van der Waals surface area contributed by atoms with Gasteiger partial charge in [-0.15, -0.1) is 0 Å². The van der Waals surface area contributed by atoms with Crippen LogP contribution in [-0.2, 0) is 14.6 Å². The molecule has 0 aromatic heterocycles. The first-order chi connectivity index (χ1) is 8.59. The van der Waals surface area contributed by atoms with Crippen LogP contribution in [0.3, 0.4) is 0 Å². The topological polar surface area (TPSA) is 58.6 Å². The highest BCUT2D eigenvalue weighted by molar-refractivity contribution is 7.91. The van der Waals surface area contributed by atoms with Crippen LogP contribution in [0.2, 0.25) is 0 Å². The van der Waals surface area contributed by atoms with Gasteiger partial charge in [-0.2, -0.15) is 0 Å². The summed E-state index contributed by atoms with van der Waals surface area (Å²) >= 11 is 0. The maximum atomic E-state index is 11.3. The average Bonchev–Trinajstić information content (AvgIpc) is 2.69. The van der Waals surface area contributed by atoms with E-state index in [1.807, 2.05) is 0 Å². The molecule has 2 fully saturated rings. The van der Waals surface area contributed by atoms with Gasteiger partial charge in [-0.05, 0) is 25.8 Å². The van der Waals surface area contributed by atoms with Gasteiger partial charge in [0.2, 0.25) is 0 Å². The zero-order valence-corrected chi connectivity index (χ0v) is 11.9. The number of hydrogen-bond acceptors (Lipinski definition) is 5. The molecule has 0 spiro atoms. The summed E-state index contributed by atoms with van der Waals surface area (Å²) in [6, 6.07) is 0.165. The molecule has 2 aliphatic rings. The average molecular weight is 276 g/mol. The summed E-state index contributed by atoms with van der Waals surface area (Å²) in [5.41, 5.74) is 0. The predicted octanol–water partition coefficient (Wildman–Crippen LogP) is -0.126. The van der Waals surface area contributed by atoms with Crippen LogP contribution in [0.1, 0.15) is 19.3 Å². The zero-order valence-electron chi connectivity index (χ0n) is 11.1. The first kappa shape index (κ1) is 14.2. The second-order valence-corrected chi connectivity index (χ2v) is 7.58. The van der Waals surface area contributed by atoms with Crippen molar-refractivity contribution < 1.29 is 13.2 Å². The van der Waals surface area contributed by atoms with Crippen molar-refractivity contribution in [3.05, 3.63) is 0 Å². The molecule has 0 aliphatic carbocycles. The highest BCUT2D eigenvalue weighted by Crippen LogP contribution is 2.13. The third-order valence-electron chi connectivity index (χ3n) is 3.89. The SMILES string of the molecule is COC1CCCN(CCNC2CCS(=O)(=O)C2)C1. The molecule has 2 heterocycles. The second-order valence-electron chi connectivity index (χ2n) is 5.35. The Morgan fingerprint density at radius 3 is 2.89 bits per heavy atom. The van der Waals surface area contributed by atoms with E-state index in [0.717, 1.165) is 39.0 Å². The van der Waals surface area contributed by atoms with E-state index in [2.05, 4.69) is 10.2 Å². The molecule has 2 unspecified atom stereocenters. The molecule has 1 N–H and O–H groups in total. The van der Waals surface area contributed by atoms with Crippen molar-refractivity contribution >= 4 is 9.84 Å². The number of sulfone groups is 1. The molecule has 2 saturated heterocycles. The van der Waals surface area contributed by atoms with E-state index in [-0.39, 0.29) is 6.04 Å². The fourth-order valence-electron chi connectivity index (χ4n) is 2.79. The number of likely N-dealkylation sites (tertiary alicyclic amines) is 1. The van der Waals surface area contributed by atoms with Crippen molar-refractivity contribution in [1.29, 1.82) is 0 Å². The molecule has 6 heteroatoms. The van der Waals surface area contributed by atoms with E-state index < -0.39 is 9.84 Å². The van der Waals surface area contributed by atoms with Gasteiger partial charge in [0.05, 0.1) is 17.6 Å². The lowest BCUT2D eigenvalue weighted by Crippen LogP contribution is -2.44. The largest absolute Gasteiger partial charge is 0.380 e. The van der Waals surface area contributed by atoms with Crippen molar-refractivity contribution in [2.45, 2.75) is 31.4 Å². The van der Waals surface area contributed by atoms with Crippen LogP contribution < -0.4 is 5.32 Å². The van der Waals surface area contributed by atoms with Crippen LogP contribution >= 0.6 is 0 Å². The molecular weight excluding hydrogens is 252 g/mol. The van der Waals surface area contributed by atoms with Gasteiger partial charge >= 0.3 is 0 Å². The van der Waals surface area contributed by atoms with Crippen LogP contribution in [0.4, 0.5) is 0 Å². The summed E-state index contributed by atoms with van der Waals surface area (Å²) in [6.45, 7) is 3.98. The fourth-order valence-corrected chi connectivity index (χ4v) is 4.50. The molecular formula is C12H24N2O3S. The first-order valence-corrected chi connectivity index (χ1v) is 8.60. The standard InChI is InChI=1S/C12H24N2O3S/c1-17-12-3-2-6-14(9-12)7-5-13-11-4-8-18(15,16)10-11/h11-13H,2-10H2,1H3. The van der Waals surface area contributed by atoms with Gasteiger partial charge in [0.15, 0.2) is 9.84 Å². The van der Waals surface area contributed by atoms with Crippen molar-refractivity contribution in [2.75, 3.05) is 44.8 Å². The number of nitrogens with one attached hydrogen (secondary N) is 1. The number of methoxy groups -OCH3 is 1. The van der Waals surface area contributed by atoms with E-state index in [1.165, 1.54) is 6.42 Å². The second kappa shape index (κ2) is 6.32. The fraction of sp³-hybridized carbons (Fsp3) is 1.00. The smallest absolute Gasteiger partial charge is 0.151 e. The summed E-state index contributed by atoms with van der Waals surface area (Å²) in [7, 11) is -0.986. The van der Waals surface area contributed by atoms with Crippen molar-refractivity contribution in [1.82, 2.24) is 10.2 Å². The van der Waals surface area contributed by atoms with Crippen LogP contribution in [-0.4, -0.2) is 70.3 Å². The Balaban J connectivity index is 1.63. The molecule has 2 rings (SSSR count). The molecule has 0 aromatic rings. The molecule has 0 bridgehead atoms. The molecule has 0 radical (unpaired) electrons. The Kier molecular flexibility index (Phi) is 5.00. The molecule has 0 aromatic carbocycles. The third kappa shape index (κ3) is 4.19. The van der Waals surface area contributed by atoms with Gasteiger partial charge in [0.25, 0.3) is 0 Å². The maximum absolute atomic E-state index is 11.3. The first-order valence-electron chi connectivity index (χ1n) is 6.78. The van der Waals surface area contributed by atoms with Gasteiger partial charge in [-0.25, -0.2) is 8.42 Å². The quantitative estimate of drug-likeness (QED) is 0.758. The van der Waals surface area contributed by atoms with E-state index in [9.17, 15) is 8.42 Å². The van der Waals surface area contributed by atoms with E-state index in [4.69, 9.17) is 4.74 Å². The summed E-state index contributed by atoms with van der Waals surface area (Å²) < 4.78 is 28.0. The minimum Gasteiger partial charge on any atom is -0.380 e. The number of ether oxygens (including phenoxy) is 1. The minimum absolute atomic E-state index is 0.165. The molecule has 106 valence electrons. The number of piperidine rings is 1. The van der Waals surface area contributed by atoms with E-state index >= 15 is 0 Å². The Bertz CT molecular complexity index is 358. The molecule has 0 saturated carbocycles. The third-order valence-corrected chi connectivity index (χ3v) is 5.66. The summed E-state index contributed by atoms with van der Waals surface area (Å²) in [6.07, 6.45) is 3.48. The number of rotatable bonds is 5. The number of nitrogens with zero attached hydrogens (tertiary/aromatic N) is 1. The summed E-state index contributed by atoms with van der Waals surface area (Å²) in [5, 5.41) is 3.36. The molecule has 2 atom stereocenters. The Hall–Kier alpha value is -0.170. The van der Waals surface area contributed by atoms with Gasteiger partial charge < -0.3 is 10.1 Å². The van der Waals surface area contributed by atoms with Gasteiger partial charge in [-0.3, -0.25) is 4.90 Å².